The number of hydrogen-bond donors (Lipinski definition) is 2. The molecule has 2 aromatic rings. The van der Waals surface area contributed by atoms with E-state index in [2.05, 4.69) is 15.4 Å². The number of carboxylic acid groups (broad SMARTS) is 1. The highest BCUT2D eigenvalue weighted by Gasteiger charge is 2.12. The summed E-state index contributed by atoms with van der Waals surface area (Å²) in [5.74, 6) is -1.09. The van der Waals surface area contributed by atoms with Crippen LogP contribution in [0.15, 0.2) is 24.3 Å². The van der Waals surface area contributed by atoms with Gasteiger partial charge in [-0.1, -0.05) is 30.3 Å². The number of carbonyl (C=O) groups is 1. The number of aromatic nitrogens is 3. The van der Waals surface area contributed by atoms with E-state index in [1.54, 1.807) is 6.08 Å². The van der Waals surface area contributed by atoms with Gasteiger partial charge in [0.25, 0.3) is 0 Å². The second-order valence-corrected chi connectivity index (χ2v) is 3.55. The van der Waals surface area contributed by atoms with Gasteiger partial charge in [0, 0.05) is 0 Å². The van der Waals surface area contributed by atoms with Crippen molar-refractivity contribution in [3.8, 4) is 0 Å². The minimum Gasteiger partial charge on any atom is -0.476 e. The first-order valence-corrected chi connectivity index (χ1v) is 5.06. The molecule has 17 heavy (non-hydrogen) atoms. The third-order valence-corrected chi connectivity index (χ3v) is 2.39. The Morgan fingerprint density at radius 1 is 1.29 bits per heavy atom. The first-order valence-electron chi connectivity index (χ1n) is 5.06. The van der Waals surface area contributed by atoms with Crippen LogP contribution in [-0.4, -0.2) is 26.5 Å². The van der Waals surface area contributed by atoms with Gasteiger partial charge in [0.2, 0.25) is 0 Å². The number of rotatable bonds is 3. The van der Waals surface area contributed by atoms with Crippen LogP contribution in [0.3, 0.4) is 0 Å². The van der Waals surface area contributed by atoms with Crippen molar-refractivity contribution >= 4 is 18.1 Å². The molecule has 0 aliphatic rings. The Morgan fingerprint density at radius 3 is 2.76 bits per heavy atom. The smallest absolute Gasteiger partial charge is 0.358 e. The molecule has 1 aromatic carbocycles. The quantitative estimate of drug-likeness (QED) is 0.843. The fourth-order valence-electron chi connectivity index (χ4n) is 1.46. The zero-order chi connectivity index (χ0) is 12.3. The van der Waals surface area contributed by atoms with Crippen LogP contribution >= 0.6 is 0 Å². The van der Waals surface area contributed by atoms with Crippen molar-refractivity contribution in [3.05, 3.63) is 46.8 Å². The van der Waals surface area contributed by atoms with Gasteiger partial charge in [-0.05, 0) is 24.1 Å². The highest BCUT2D eigenvalue weighted by atomic mass is 16.4. The molecule has 2 N–H and O–H groups in total. The Kier molecular flexibility index (Phi) is 3.00. The largest absolute Gasteiger partial charge is 0.476 e. The predicted octanol–water partition coefficient (Wildman–Crippen LogP) is 1.98. The van der Waals surface area contributed by atoms with E-state index < -0.39 is 5.97 Å². The van der Waals surface area contributed by atoms with E-state index in [-0.39, 0.29) is 5.69 Å². The molecule has 1 heterocycles. The summed E-state index contributed by atoms with van der Waals surface area (Å²) in [5.41, 5.74) is 2.38. The number of benzene rings is 1. The van der Waals surface area contributed by atoms with Crippen molar-refractivity contribution in [2.75, 3.05) is 0 Å². The van der Waals surface area contributed by atoms with E-state index in [0.717, 1.165) is 11.1 Å². The zero-order valence-corrected chi connectivity index (χ0v) is 9.21. The molecular weight excluding hydrogens is 218 g/mol. The molecule has 0 radical (unpaired) electrons. The third kappa shape index (κ3) is 2.39. The van der Waals surface area contributed by atoms with Crippen molar-refractivity contribution < 1.29 is 9.90 Å². The van der Waals surface area contributed by atoms with Crippen molar-refractivity contribution in [3.63, 3.8) is 0 Å². The van der Waals surface area contributed by atoms with Gasteiger partial charge in [-0.3, -0.25) is 0 Å². The lowest BCUT2D eigenvalue weighted by molar-refractivity contribution is 0.0690. The fraction of sp³-hybridized carbons (Fsp3) is 0.0833. The van der Waals surface area contributed by atoms with Gasteiger partial charge in [-0.25, -0.2) is 4.79 Å². The Labute approximate surface area is 97.8 Å². The Bertz CT molecular complexity index is 573. The lowest BCUT2D eigenvalue weighted by Crippen LogP contribution is -1.98. The molecule has 0 saturated heterocycles. The van der Waals surface area contributed by atoms with Gasteiger partial charge in [-0.2, -0.15) is 10.3 Å². The zero-order valence-electron chi connectivity index (χ0n) is 9.21. The van der Waals surface area contributed by atoms with Crippen LogP contribution in [0.5, 0.6) is 0 Å². The second-order valence-electron chi connectivity index (χ2n) is 3.55. The topological polar surface area (TPSA) is 78.9 Å². The number of nitrogens with one attached hydrogen (secondary N) is 1. The summed E-state index contributed by atoms with van der Waals surface area (Å²) in [5, 5.41) is 18.5. The molecule has 0 atom stereocenters. The number of carboxylic acids is 1. The maximum absolute atomic E-state index is 10.8. The summed E-state index contributed by atoms with van der Waals surface area (Å²) in [4.78, 5) is 10.8. The summed E-state index contributed by atoms with van der Waals surface area (Å²) in [7, 11) is 0. The van der Waals surface area contributed by atoms with E-state index >= 15 is 0 Å². The highest BCUT2D eigenvalue weighted by Crippen LogP contribution is 2.12. The molecule has 0 bridgehead atoms. The number of hydrogen-bond acceptors (Lipinski definition) is 3. The summed E-state index contributed by atoms with van der Waals surface area (Å²) < 4.78 is 0. The number of aromatic carboxylic acids is 1. The van der Waals surface area contributed by atoms with E-state index in [0.29, 0.717) is 5.69 Å². The van der Waals surface area contributed by atoms with E-state index in [1.807, 2.05) is 37.3 Å². The third-order valence-electron chi connectivity index (χ3n) is 2.39. The van der Waals surface area contributed by atoms with Crippen molar-refractivity contribution in [2.24, 2.45) is 0 Å². The van der Waals surface area contributed by atoms with Crippen LogP contribution < -0.4 is 0 Å². The van der Waals surface area contributed by atoms with E-state index in [4.69, 9.17) is 5.11 Å². The summed E-state index contributed by atoms with van der Waals surface area (Å²) >= 11 is 0. The number of nitrogens with zero attached hydrogens (tertiary/aromatic N) is 2. The highest BCUT2D eigenvalue weighted by molar-refractivity contribution is 5.90. The molecule has 0 amide bonds. The van der Waals surface area contributed by atoms with Crippen molar-refractivity contribution in [1.29, 1.82) is 0 Å². The molecule has 5 nitrogen and oxygen atoms in total. The Morgan fingerprint density at radius 2 is 2.06 bits per heavy atom. The molecule has 0 aliphatic heterocycles. The Hall–Kier alpha value is -2.43. The maximum Gasteiger partial charge on any atom is 0.358 e. The van der Waals surface area contributed by atoms with Crippen molar-refractivity contribution in [2.45, 2.75) is 6.92 Å². The first-order chi connectivity index (χ1) is 8.18. The van der Waals surface area contributed by atoms with E-state index in [1.165, 1.54) is 0 Å². The van der Waals surface area contributed by atoms with Crippen LogP contribution in [0.25, 0.3) is 12.2 Å². The van der Waals surface area contributed by atoms with Crippen molar-refractivity contribution in [1.82, 2.24) is 15.4 Å². The van der Waals surface area contributed by atoms with Crippen LogP contribution in [0.2, 0.25) is 0 Å². The van der Waals surface area contributed by atoms with Crippen LogP contribution in [-0.2, 0) is 0 Å². The van der Waals surface area contributed by atoms with Crippen LogP contribution in [0.1, 0.15) is 27.3 Å². The average Bonchev–Trinajstić information content (AvgIpc) is 2.76. The van der Waals surface area contributed by atoms with E-state index in [9.17, 15) is 4.79 Å². The molecule has 0 unspecified atom stereocenters. The van der Waals surface area contributed by atoms with Gasteiger partial charge in [0.05, 0.1) is 0 Å². The van der Waals surface area contributed by atoms with Gasteiger partial charge in [0.15, 0.2) is 5.69 Å². The predicted molar refractivity (Wildman–Crippen MR) is 63.4 cm³/mol. The average molecular weight is 229 g/mol. The summed E-state index contributed by atoms with van der Waals surface area (Å²) in [6, 6.07) is 7.81. The first kappa shape index (κ1) is 11.1. The minimum absolute atomic E-state index is 0.0742. The standard InChI is InChI=1S/C12H11N3O2/c1-8-4-2-3-5-9(8)6-7-10-11(12(16)17)14-15-13-10/h2-7H,1H3,(H,16,17)(H,13,14,15)/b7-6+. The summed E-state index contributed by atoms with van der Waals surface area (Å²) in [6.45, 7) is 1.99. The minimum atomic E-state index is -1.09. The molecule has 1 aromatic heterocycles. The molecule has 0 saturated carbocycles. The molecule has 86 valence electrons. The molecular formula is C12H11N3O2. The molecule has 0 fully saturated rings. The molecule has 0 aliphatic carbocycles. The number of H-pyrrole nitrogens is 1. The molecule has 0 spiro atoms. The lowest BCUT2D eigenvalue weighted by Gasteiger charge is -1.97. The van der Waals surface area contributed by atoms with Gasteiger partial charge >= 0.3 is 5.97 Å². The molecule has 5 heteroatoms. The van der Waals surface area contributed by atoms with Gasteiger partial charge < -0.3 is 5.11 Å². The fourth-order valence-corrected chi connectivity index (χ4v) is 1.46. The molecule has 2 rings (SSSR count). The Balaban J connectivity index is 2.30. The van der Waals surface area contributed by atoms with Gasteiger partial charge in [-0.15, -0.1) is 5.10 Å². The lowest BCUT2D eigenvalue weighted by atomic mass is 10.1. The number of aromatic amines is 1. The van der Waals surface area contributed by atoms with Crippen LogP contribution in [0, 0.1) is 6.92 Å². The second kappa shape index (κ2) is 4.61. The normalized spacial score (nSPS) is 10.9. The van der Waals surface area contributed by atoms with Gasteiger partial charge in [0.1, 0.15) is 5.69 Å². The monoisotopic (exact) mass is 229 g/mol. The SMILES string of the molecule is Cc1ccccc1/C=C/c1n[nH]nc1C(=O)O. The number of aryl methyl sites for hydroxylation is 1. The van der Waals surface area contributed by atoms with Crippen LogP contribution in [0.4, 0.5) is 0 Å². The maximum atomic E-state index is 10.8. The summed E-state index contributed by atoms with van der Waals surface area (Å²) in [6.07, 6.45) is 3.45.